The number of carboxylic acid groups (broad SMARTS) is 1. The van der Waals surface area contributed by atoms with Gasteiger partial charge in [0.15, 0.2) is 11.5 Å². The number of aliphatic carboxylic acids is 1. The number of hydrogen-bond acceptors (Lipinski definition) is 5. The lowest BCUT2D eigenvalue weighted by atomic mass is 9.54. The predicted octanol–water partition coefficient (Wildman–Crippen LogP) is 1.99. The highest BCUT2D eigenvalue weighted by Crippen LogP contribution is 2.51. The van der Waals surface area contributed by atoms with E-state index in [9.17, 15) is 14.7 Å². The van der Waals surface area contributed by atoms with E-state index >= 15 is 0 Å². The highest BCUT2D eigenvalue weighted by atomic mass is 16.6. The number of benzene rings is 1. The Bertz CT molecular complexity index is 718. The van der Waals surface area contributed by atoms with Crippen LogP contribution >= 0.6 is 0 Å². The van der Waals surface area contributed by atoms with Gasteiger partial charge in [0.05, 0.1) is 6.10 Å². The van der Waals surface area contributed by atoms with Crippen LogP contribution in [0.15, 0.2) is 24.3 Å². The zero-order valence-corrected chi connectivity index (χ0v) is 15.4. The molecule has 2 N–H and O–H groups in total. The molecule has 0 radical (unpaired) electrons. The van der Waals surface area contributed by atoms with E-state index in [1.807, 2.05) is 13.0 Å². The fourth-order valence-electron chi connectivity index (χ4n) is 3.72. The average Bonchev–Trinajstić information content (AvgIpc) is 2.59. The second-order valence-electron chi connectivity index (χ2n) is 7.38. The Kier molecular flexibility index (Phi) is 4.60. The summed E-state index contributed by atoms with van der Waals surface area (Å²) in [5.74, 6) is -0.540. The summed E-state index contributed by atoms with van der Waals surface area (Å²) in [6.07, 6.45) is -1.48. The van der Waals surface area contributed by atoms with Crippen LogP contribution in [0.3, 0.4) is 0 Å². The van der Waals surface area contributed by atoms with Crippen molar-refractivity contribution < 1.29 is 28.9 Å². The molecule has 0 aromatic heterocycles. The zero-order chi connectivity index (χ0) is 19.1. The molecule has 1 amide bonds. The van der Waals surface area contributed by atoms with Gasteiger partial charge in [-0.3, -0.25) is 4.79 Å². The molecule has 7 heteroatoms. The van der Waals surface area contributed by atoms with Gasteiger partial charge < -0.3 is 24.6 Å². The van der Waals surface area contributed by atoms with Gasteiger partial charge in [0.1, 0.15) is 11.6 Å². The number of ether oxygens (including phenoxy) is 3. The summed E-state index contributed by atoms with van der Waals surface area (Å²) in [6, 6.07) is 7.08. The summed E-state index contributed by atoms with van der Waals surface area (Å²) in [5, 5.41) is 12.5. The molecule has 3 rings (SSSR count). The van der Waals surface area contributed by atoms with Crippen LogP contribution in [-0.2, 0) is 14.3 Å². The molecule has 0 bridgehead atoms. The molecule has 1 aromatic rings. The maximum atomic E-state index is 12.9. The Balaban J connectivity index is 1.79. The molecule has 0 saturated heterocycles. The molecule has 7 nitrogen and oxygen atoms in total. The van der Waals surface area contributed by atoms with Crippen LogP contribution < -0.4 is 14.8 Å². The molecule has 142 valence electrons. The maximum Gasteiger partial charge on any atom is 0.330 e. The number of fused-ring (bicyclic) bond motifs is 1. The molecule has 2 aliphatic rings. The van der Waals surface area contributed by atoms with Crippen molar-refractivity contribution in [3.8, 4) is 11.5 Å². The fraction of sp³-hybridized carbons (Fsp3) is 0.579. The van der Waals surface area contributed by atoms with Gasteiger partial charge in [-0.25, -0.2) is 4.79 Å². The third kappa shape index (κ3) is 2.70. The van der Waals surface area contributed by atoms with Gasteiger partial charge in [-0.2, -0.15) is 0 Å². The molecule has 1 aliphatic carbocycles. The fourth-order valence-corrected chi connectivity index (χ4v) is 3.72. The number of carboxylic acids is 1. The van der Waals surface area contributed by atoms with E-state index in [1.165, 1.54) is 0 Å². The first-order chi connectivity index (χ1) is 12.2. The molecular weight excluding hydrogens is 338 g/mol. The van der Waals surface area contributed by atoms with Crippen molar-refractivity contribution in [2.75, 3.05) is 6.61 Å². The Morgan fingerprint density at radius 2 is 1.88 bits per heavy atom. The van der Waals surface area contributed by atoms with Gasteiger partial charge in [0, 0.05) is 18.4 Å². The maximum absolute atomic E-state index is 12.9. The average molecular weight is 363 g/mol. The minimum Gasteiger partial charge on any atom is -0.482 e. The first-order valence-electron chi connectivity index (χ1n) is 8.82. The summed E-state index contributed by atoms with van der Waals surface area (Å²) < 4.78 is 17.1. The highest BCUT2D eigenvalue weighted by Gasteiger charge is 2.67. The number of nitrogens with one attached hydrogen (secondary N) is 1. The van der Waals surface area contributed by atoms with Crippen molar-refractivity contribution in [3.63, 3.8) is 0 Å². The van der Waals surface area contributed by atoms with Crippen LogP contribution in [-0.4, -0.2) is 47.4 Å². The Labute approximate surface area is 152 Å². The van der Waals surface area contributed by atoms with Gasteiger partial charge in [-0.1, -0.05) is 26.0 Å². The first-order valence-corrected chi connectivity index (χ1v) is 8.82. The normalized spacial score (nSPS) is 31.6. The smallest absolute Gasteiger partial charge is 0.330 e. The number of carbonyl (C=O) groups excluding carboxylic acids is 1. The highest BCUT2D eigenvalue weighted by molar-refractivity contribution is 5.91. The Morgan fingerprint density at radius 3 is 2.42 bits per heavy atom. The molecule has 1 heterocycles. The summed E-state index contributed by atoms with van der Waals surface area (Å²) in [5.41, 5.74) is -2.15. The van der Waals surface area contributed by atoms with Gasteiger partial charge in [-0.05, 0) is 26.0 Å². The number of amides is 1. The van der Waals surface area contributed by atoms with Gasteiger partial charge >= 0.3 is 5.97 Å². The zero-order valence-electron chi connectivity index (χ0n) is 15.4. The first kappa shape index (κ1) is 18.5. The number of hydrogen-bond donors (Lipinski definition) is 2. The van der Waals surface area contributed by atoms with Crippen LogP contribution in [0.5, 0.6) is 11.5 Å². The van der Waals surface area contributed by atoms with Crippen molar-refractivity contribution in [1.82, 2.24) is 5.32 Å². The van der Waals surface area contributed by atoms with Gasteiger partial charge in [0.25, 0.3) is 5.91 Å². The van der Waals surface area contributed by atoms with E-state index in [0.29, 0.717) is 18.1 Å². The van der Waals surface area contributed by atoms with E-state index in [4.69, 9.17) is 14.2 Å². The number of rotatable bonds is 5. The SMILES string of the molecule is CCOC1CC(NC(=O)C2Oc3ccccc3OC2C)(C(=O)O)C1(C)C. The van der Waals surface area contributed by atoms with Crippen LogP contribution in [0.25, 0.3) is 0 Å². The molecule has 1 fully saturated rings. The lowest BCUT2D eigenvalue weighted by Crippen LogP contribution is -2.77. The third-order valence-corrected chi connectivity index (χ3v) is 5.57. The summed E-state index contributed by atoms with van der Waals surface area (Å²) in [6.45, 7) is 7.67. The summed E-state index contributed by atoms with van der Waals surface area (Å²) in [4.78, 5) is 24.9. The standard InChI is InChI=1S/C19H25NO6/c1-5-24-14-10-19(17(22)23,18(14,3)4)20-16(21)15-11(2)25-12-8-6-7-9-13(12)26-15/h6-9,11,14-15H,5,10H2,1-4H3,(H,20,21)(H,22,23). The van der Waals surface area contributed by atoms with E-state index in [0.717, 1.165) is 0 Å². The van der Waals surface area contributed by atoms with Crippen LogP contribution in [0.2, 0.25) is 0 Å². The van der Waals surface area contributed by atoms with Crippen molar-refractivity contribution in [2.24, 2.45) is 5.41 Å². The van der Waals surface area contributed by atoms with Crippen molar-refractivity contribution in [3.05, 3.63) is 24.3 Å². The molecule has 1 saturated carbocycles. The lowest BCUT2D eigenvalue weighted by Gasteiger charge is -2.58. The summed E-state index contributed by atoms with van der Waals surface area (Å²) in [7, 11) is 0. The van der Waals surface area contributed by atoms with Crippen LogP contribution in [0.4, 0.5) is 0 Å². The number of para-hydroxylation sites is 2. The quantitative estimate of drug-likeness (QED) is 0.831. The van der Waals surface area contributed by atoms with Crippen molar-refractivity contribution >= 4 is 11.9 Å². The minimum atomic E-state index is -1.40. The van der Waals surface area contributed by atoms with E-state index in [2.05, 4.69) is 5.32 Å². The molecule has 1 aromatic carbocycles. The topological polar surface area (TPSA) is 94.1 Å². The molecular formula is C19H25NO6. The van der Waals surface area contributed by atoms with Crippen LogP contribution in [0.1, 0.15) is 34.1 Å². The molecule has 0 spiro atoms. The molecule has 1 aliphatic heterocycles. The second kappa shape index (κ2) is 6.46. The lowest BCUT2D eigenvalue weighted by molar-refractivity contribution is -0.196. The van der Waals surface area contributed by atoms with Gasteiger partial charge in [0.2, 0.25) is 6.10 Å². The van der Waals surface area contributed by atoms with E-state index < -0.39 is 35.0 Å². The Morgan fingerprint density at radius 1 is 1.27 bits per heavy atom. The van der Waals surface area contributed by atoms with E-state index in [1.54, 1.807) is 39.0 Å². The Hall–Kier alpha value is -2.28. The minimum absolute atomic E-state index is 0.216. The molecule has 4 atom stereocenters. The third-order valence-electron chi connectivity index (χ3n) is 5.57. The predicted molar refractivity (Wildman–Crippen MR) is 93.3 cm³/mol. The molecule has 26 heavy (non-hydrogen) atoms. The van der Waals surface area contributed by atoms with Gasteiger partial charge in [-0.15, -0.1) is 0 Å². The number of carbonyl (C=O) groups is 2. The van der Waals surface area contributed by atoms with E-state index in [-0.39, 0.29) is 12.5 Å². The second-order valence-corrected chi connectivity index (χ2v) is 7.38. The van der Waals surface area contributed by atoms with Crippen molar-refractivity contribution in [2.45, 2.75) is 58.0 Å². The molecule has 4 unspecified atom stereocenters. The van der Waals surface area contributed by atoms with Crippen molar-refractivity contribution in [1.29, 1.82) is 0 Å². The largest absolute Gasteiger partial charge is 0.482 e. The monoisotopic (exact) mass is 363 g/mol. The summed E-state index contributed by atoms with van der Waals surface area (Å²) >= 11 is 0. The van der Waals surface area contributed by atoms with Crippen LogP contribution in [0, 0.1) is 5.41 Å².